The lowest BCUT2D eigenvalue weighted by Crippen LogP contribution is -2.45. The average molecular weight is 435 g/mol. The van der Waals surface area contributed by atoms with Crippen molar-refractivity contribution in [3.8, 4) is 0 Å². The molecule has 0 spiro atoms. The molecule has 148 valence electrons. The highest BCUT2D eigenvalue weighted by atomic mass is 79.9. The molecule has 1 atom stereocenters. The van der Waals surface area contributed by atoms with Crippen LogP contribution >= 0.6 is 15.9 Å². The number of amides is 1. The highest BCUT2D eigenvalue weighted by Crippen LogP contribution is 2.26. The van der Waals surface area contributed by atoms with Gasteiger partial charge in [-0.2, -0.15) is 0 Å². The molecular weight excluding hydrogens is 404 g/mol. The molecule has 1 aromatic carbocycles. The third-order valence-electron chi connectivity index (χ3n) is 5.47. The van der Waals surface area contributed by atoms with Crippen LogP contribution in [0.1, 0.15) is 51.0 Å². The van der Waals surface area contributed by atoms with Gasteiger partial charge in [0.05, 0.1) is 6.54 Å². The average Bonchev–Trinajstić information content (AvgIpc) is 3.16. The maximum atomic E-state index is 12.7. The van der Waals surface area contributed by atoms with Crippen LogP contribution in [0.4, 0.5) is 0 Å². The Balaban J connectivity index is 1.52. The lowest BCUT2D eigenvalue weighted by Gasteiger charge is -2.26. The van der Waals surface area contributed by atoms with Gasteiger partial charge in [-0.3, -0.25) is 4.79 Å². The van der Waals surface area contributed by atoms with Gasteiger partial charge in [-0.25, -0.2) is 4.99 Å². The molecule has 0 radical (unpaired) electrons. The Hall–Kier alpha value is -1.56. The van der Waals surface area contributed by atoms with E-state index in [0.29, 0.717) is 12.5 Å². The lowest BCUT2D eigenvalue weighted by atomic mass is 9.88. The van der Waals surface area contributed by atoms with Gasteiger partial charge in [0.1, 0.15) is 0 Å². The minimum absolute atomic E-state index is 0.261. The van der Waals surface area contributed by atoms with E-state index >= 15 is 0 Å². The summed E-state index contributed by atoms with van der Waals surface area (Å²) in [4.78, 5) is 19.5. The van der Waals surface area contributed by atoms with E-state index in [0.717, 1.165) is 49.3 Å². The monoisotopic (exact) mass is 434 g/mol. The highest BCUT2D eigenvalue weighted by molar-refractivity contribution is 9.10. The van der Waals surface area contributed by atoms with Crippen LogP contribution in [0.3, 0.4) is 0 Å². The summed E-state index contributed by atoms with van der Waals surface area (Å²) in [5.41, 5.74) is 1.18. The molecule has 1 unspecified atom stereocenters. The number of benzene rings is 1. The Labute approximate surface area is 171 Å². The maximum Gasteiger partial charge on any atom is 0.225 e. The Morgan fingerprint density at radius 1 is 1.19 bits per heavy atom. The van der Waals surface area contributed by atoms with Crippen LogP contribution in [-0.2, 0) is 11.3 Å². The number of hydrogen-bond donors (Lipinski definition) is 2. The zero-order valence-electron chi connectivity index (χ0n) is 16.2. The van der Waals surface area contributed by atoms with E-state index in [4.69, 9.17) is 4.99 Å². The molecule has 1 saturated carbocycles. The molecule has 1 saturated heterocycles. The third kappa shape index (κ3) is 5.96. The van der Waals surface area contributed by atoms with Crippen molar-refractivity contribution >= 4 is 27.8 Å². The number of likely N-dealkylation sites (tertiary alicyclic amines) is 1. The van der Waals surface area contributed by atoms with Gasteiger partial charge in [0.15, 0.2) is 5.96 Å². The molecule has 1 heterocycles. The van der Waals surface area contributed by atoms with Gasteiger partial charge in [0, 0.05) is 36.1 Å². The summed E-state index contributed by atoms with van der Waals surface area (Å²) in [6.45, 7) is 5.19. The summed E-state index contributed by atoms with van der Waals surface area (Å²) < 4.78 is 1.08. The zero-order valence-corrected chi connectivity index (χ0v) is 17.8. The van der Waals surface area contributed by atoms with Gasteiger partial charge >= 0.3 is 0 Å². The summed E-state index contributed by atoms with van der Waals surface area (Å²) in [5, 5.41) is 6.85. The number of hydrogen-bond acceptors (Lipinski definition) is 2. The van der Waals surface area contributed by atoms with E-state index in [-0.39, 0.29) is 12.0 Å². The lowest BCUT2D eigenvalue weighted by molar-refractivity contribution is -0.135. The molecule has 1 aliphatic carbocycles. The largest absolute Gasteiger partial charge is 0.357 e. The molecule has 2 fully saturated rings. The predicted molar refractivity (Wildman–Crippen MR) is 114 cm³/mol. The fraction of sp³-hybridized carbons (Fsp3) is 0.619. The number of carbonyl (C=O) groups is 1. The fourth-order valence-electron chi connectivity index (χ4n) is 3.96. The maximum absolute atomic E-state index is 12.7. The van der Waals surface area contributed by atoms with E-state index in [1.54, 1.807) is 0 Å². The van der Waals surface area contributed by atoms with Crippen molar-refractivity contribution in [1.29, 1.82) is 0 Å². The number of halogens is 1. The number of rotatable bonds is 5. The smallest absolute Gasteiger partial charge is 0.225 e. The number of carbonyl (C=O) groups excluding carboxylic acids is 1. The second-order valence-electron chi connectivity index (χ2n) is 7.57. The standard InChI is InChI=1S/C21H31BrN4O/c1-2-23-21(24-14-16-8-10-18(22)11-9-16)25-19-12-13-26(15-19)20(27)17-6-4-3-5-7-17/h8-11,17,19H,2-7,12-15H2,1H3,(H2,23,24,25). The molecule has 2 N–H and O–H groups in total. The fourth-order valence-corrected chi connectivity index (χ4v) is 4.22. The molecule has 1 aromatic rings. The molecule has 6 heteroatoms. The van der Waals surface area contributed by atoms with Gasteiger partial charge < -0.3 is 15.5 Å². The molecule has 0 bridgehead atoms. The molecule has 3 rings (SSSR count). The van der Waals surface area contributed by atoms with Crippen LogP contribution < -0.4 is 10.6 Å². The predicted octanol–water partition coefficient (Wildman–Crippen LogP) is 3.69. The van der Waals surface area contributed by atoms with Crippen molar-refractivity contribution < 1.29 is 4.79 Å². The summed E-state index contributed by atoms with van der Waals surface area (Å²) >= 11 is 3.46. The molecule has 5 nitrogen and oxygen atoms in total. The van der Waals surface area contributed by atoms with Crippen LogP contribution in [0.25, 0.3) is 0 Å². The first-order valence-corrected chi connectivity index (χ1v) is 11.0. The Morgan fingerprint density at radius 2 is 1.93 bits per heavy atom. The molecular formula is C21H31BrN4O. The third-order valence-corrected chi connectivity index (χ3v) is 6.00. The number of aliphatic imine (C=N–C) groups is 1. The van der Waals surface area contributed by atoms with Gasteiger partial charge in [-0.1, -0.05) is 47.3 Å². The van der Waals surface area contributed by atoms with Crippen LogP contribution in [-0.4, -0.2) is 42.4 Å². The van der Waals surface area contributed by atoms with E-state index < -0.39 is 0 Å². The summed E-state index contributed by atoms with van der Waals surface area (Å²) in [7, 11) is 0. The Morgan fingerprint density at radius 3 is 2.63 bits per heavy atom. The molecule has 27 heavy (non-hydrogen) atoms. The van der Waals surface area contributed by atoms with Crippen molar-refractivity contribution in [2.24, 2.45) is 10.9 Å². The van der Waals surface area contributed by atoms with Crippen molar-refractivity contribution in [3.63, 3.8) is 0 Å². The topological polar surface area (TPSA) is 56.7 Å². The molecule has 1 amide bonds. The van der Waals surface area contributed by atoms with Crippen LogP contribution in [0, 0.1) is 5.92 Å². The first-order valence-electron chi connectivity index (χ1n) is 10.2. The summed E-state index contributed by atoms with van der Waals surface area (Å²) in [5.74, 6) is 1.46. The van der Waals surface area contributed by atoms with E-state index in [1.807, 2.05) is 12.1 Å². The second kappa shape index (κ2) is 10.1. The summed E-state index contributed by atoms with van der Waals surface area (Å²) in [6, 6.07) is 8.52. The number of guanidine groups is 1. The van der Waals surface area contributed by atoms with Crippen molar-refractivity contribution in [2.45, 2.75) is 58.0 Å². The Kier molecular flexibility index (Phi) is 7.56. The molecule has 1 aliphatic heterocycles. The van der Waals surface area contributed by atoms with Gasteiger partial charge in [-0.05, 0) is 43.9 Å². The number of nitrogens with zero attached hydrogens (tertiary/aromatic N) is 2. The normalized spacial score (nSPS) is 21.3. The van der Waals surface area contributed by atoms with Crippen LogP contribution in [0.2, 0.25) is 0 Å². The van der Waals surface area contributed by atoms with E-state index in [1.165, 1.54) is 24.8 Å². The molecule has 2 aliphatic rings. The Bertz CT molecular complexity index is 640. The summed E-state index contributed by atoms with van der Waals surface area (Å²) in [6.07, 6.45) is 6.84. The van der Waals surface area contributed by atoms with Crippen molar-refractivity contribution in [1.82, 2.24) is 15.5 Å². The van der Waals surface area contributed by atoms with Gasteiger partial charge in [0.25, 0.3) is 0 Å². The SMILES string of the molecule is CCNC(=NCc1ccc(Br)cc1)NC1CCN(C(=O)C2CCCCC2)C1. The van der Waals surface area contributed by atoms with Crippen LogP contribution in [0.5, 0.6) is 0 Å². The molecule has 0 aromatic heterocycles. The van der Waals surface area contributed by atoms with E-state index in [9.17, 15) is 4.79 Å². The minimum Gasteiger partial charge on any atom is -0.357 e. The van der Waals surface area contributed by atoms with Crippen molar-refractivity contribution in [2.75, 3.05) is 19.6 Å². The van der Waals surface area contributed by atoms with E-state index in [2.05, 4.69) is 50.5 Å². The van der Waals surface area contributed by atoms with Crippen LogP contribution in [0.15, 0.2) is 33.7 Å². The van der Waals surface area contributed by atoms with Gasteiger partial charge in [-0.15, -0.1) is 0 Å². The first-order chi connectivity index (χ1) is 13.2. The highest BCUT2D eigenvalue weighted by Gasteiger charge is 2.31. The van der Waals surface area contributed by atoms with Crippen molar-refractivity contribution in [3.05, 3.63) is 34.3 Å². The first kappa shape index (κ1) is 20.2. The zero-order chi connectivity index (χ0) is 19.1. The number of nitrogens with one attached hydrogen (secondary N) is 2. The second-order valence-corrected chi connectivity index (χ2v) is 8.49. The van der Waals surface area contributed by atoms with Gasteiger partial charge in [0.2, 0.25) is 5.91 Å². The quantitative estimate of drug-likeness (QED) is 0.548. The minimum atomic E-state index is 0.261.